The SMILES string of the molecule is CC(C)(C)n1ncc2c(=O)[nH]c(NCC3CCCN(Cc4cccs4)C3)nc21. The summed E-state index contributed by atoms with van der Waals surface area (Å²) in [4.78, 5) is 23.9. The van der Waals surface area contributed by atoms with Gasteiger partial charge in [0.25, 0.3) is 5.56 Å². The number of anilines is 1. The van der Waals surface area contributed by atoms with Crippen LogP contribution in [-0.2, 0) is 12.1 Å². The summed E-state index contributed by atoms with van der Waals surface area (Å²) >= 11 is 1.82. The van der Waals surface area contributed by atoms with Crippen LogP contribution in [0.1, 0.15) is 38.5 Å². The summed E-state index contributed by atoms with van der Waals surface area (Å²) in [6.07, 6.45) is 4.00. The van der Waals surface area contributed by atoms with Gasteiger partial charge in [0.1, 0.15) is 5.39 Å². The molecule has 0 radical (unpaired) electrons. The predicted molar refractivity (Wildman–Crippen MR) is 114 cm³/mol. The Morgan fingerprint density at radius 1 is 1.39 bits per heavy atom. The number of nitrogens with zero attached hydrogens (tertiary/aromatic N) is 4. The van der Waals surface area contributed by atoms with E-state index in [1.54, 1.807) is 6.20 Å². The molecule has 4 rings (SSSR count). The molecule has 1 saturated heterocycles. The highest BCUT2D eigenvalue weighted by molar-refractivity contribution is 7.09. The number of rotatable bonds is 5. The maximum atomic E-state index is 12.4. The van der Waals surface area contributed by atoms with Crippen LogP contribution in [0.4, 0.5) is 5.95 Å². The fraction of sp³-hybridized carbons (Fsp3) is 0.550. The number of aromatic nitrogens is 4. The molecule has 1 unspecified atom stereocenters. The van der Waals surface area contributed by atoms with Crippen molar-refractivity contribution in [3.8, 4) is 0 Å². The molecule has 1 fully saturated rings. The normalized spacial score (nSPS) is 18.6. The van der Waals surface area contributed by atoms with Crippen LogP contribution in [0.5, 0.6) is 0 Å². The third kappa shape index (κ3) is 4.12. The second kappa shape index (κ2) is 7.67. The molecule has 150 valence electrons. The first-order valence-corrected chi connectivity index (χ1v) is 10.8. The lowest BCUT2D eigenvalue weighted by Gasteiger charge is -2.32. The van der Waals surface area contributed by atoms with Crippen LogP contribution in [0.25, 0.3) is 11.0 Å². The quantitative estimate of drug-likeness (QED) is 0.687. The molecule has 4 heterocycles. The van der Waals surface area contributed by atoms with Crippen molar-refractivity contribution >= 4 is 28.3 Å². The van der Waals surface area contributed by atoms with Gasteiger partial charge in [-0.05, 0) is 57.5 Å². The minimum Gasteiger partial charge on any atom is -0.355 e. The first-order valence-electron chi connectivity index (χ1n) is 9.87. The molecule has 0 amide bonds. The minimum absolute atomic E-state index is 0.147. The van der Waals surface area contributed by atoms with E-state index in [9.17, 15) is 4.79 Å². The largest absolute Gasteiger partial charge is 0.355 e. The van der Waals surface area contributed by atoms with Crippen molar-refractivity contribution in [2.45, 2.75) is 45.7 Å². The topological polar surface area (TPSA) is 78.8 Å². The van der Waals surface area contributed by atoms with E-state index in [1.165, 1.54) is 17.7 Å². The van der Waals surface area contributed by atoms with Crippen molar-refractivity contribution in [1.82, 2.24) is 24.6 Å². The Morgan fingerprint density at radius 3 is 3.00 bits per heavy atom. The van der Waals surface area contributed by atoms with Gasteiger partial charge in [-0.25, -0.2) is 4.68 Å². The Labute approximate surface area is 168 Å². The van der Waals surface area contributed by atoms with E-state index in [0.717, 1.165) is 26.2 Å². The molecule has 0 spiro atoms. The third-order valence-electron chi connectivity index (χ3n) is 5.19. The molecular weight excluding hydrogens is 372 g/mol. The van der Waals surface area contributed by atoms with E-state index in [0.29, 0.717) is 22.9 Å². The number of fused-ring (bicyclic) bond motifs is 1. The number of nitrogens with one attached hydrogen (secondary N) is 2. The van der Waals surface area contributed by atoms with Gasteiger partial charge in [-0.15, -0.1) is 11.3 Å². The molecule has 1 atom stereocenters. The summed E-state index contributed by atoms with van der Waals surface area (Å²) in [5.41, 5.74) is 0.249. The number of likely N-dealkylation sites (tertiary alicyclic amines) is 1. The lowest BCUT2D eigenvalue weighted by atomic mass is 9.98. The Hall–Kier alpha value is -2.19. The van der Waals surface area contributed by atoms with E-state index in [-0.39, 0.29) is 11.1 Å². The van der Waals surface area contributed by atoms with Gasteiger partial charge in [0.05, 0.1) is 11.7 Å². The molecule has 2 N–H and O–H groups in total. The van der Waals surface area contributed by atoms with Crippen molar-refractivity contribution in [1.29, 1.82) is 0 Å². The van der Waals surface area contributed by atoms with Crippen LogP contribution in [0.3, 0.4) is 0 Å². The zero-order chi connectivity index (χ0) is 19.7. The van der Waals surface area contributed by atoms with Gasteiger partial charge in [-0.1, -0.05) is 6.07 Å². The monoisotopic (exact) mass is 400 g/mol. The zero-order valence-corrected chi connectivity index (χ0v) is 17.6. The summed E-state index contributed by atoms with van der Waals surface area (Å²) < 4.78 is 1.81. The summed E-state index contributed by atoms with van der Waals surface area (Å²) in [7, 11) is 0. The summed E-state index contributed by atoms with van der Waals surface area (Å²) in [6, 6.07) is 4.32. The second-order valence-electron chi connectivity index (χ2n) is 8.58. The molecular formula is C20H28N6OS. The number of piperidine rings is 1. The summed E-state index contributed by atoms with van der Waals surface area (Å²) in [6.45, 7) is 10.2. The molecule has 0 aliphatic carbocycles. The van der Waals surface area contributed by atoms with Gasteiger partial charge in [-0.2, -0.15) is 10.1 Å². The van der Waals surface area contributed by atoms with Crippen molar-refractivity contribution in [3.05, 3.63) is 38.9 Å². The van der Waals surface area contributed by atoms with Crippen molar-refractivity contribution in [3.63, 3.8) is 0 Å². The molecule has 28 heavy (non-hydrogen) atoms. The number of H-pyrrole nitrogens is 1. The number of hydrogen-bond acceptors (Lipinski definition) is 6. The maximum Gasteiger partial charge on any atom is 0.263 e. The summed E-state index contributed by atoms with van der Waals surface area (Å²) in [5.74, 6) is 1.07. The Morgan fingerprint density at radius 2 is 2.25 bits per heavy atom. The minimum atomic E-state index is -0.231. The highest BCUT2D eigenvalue weighted by Crippen LogP contribution is 2.22. The average Bonchev–Trinajstić information content (AvgIpc) is 3.29. The van der Waals surface area contributed by atoms with Gasteiger partial charge >= 0.3 is 0 Å². The lowest BCUT2D eigenvalue weighted by Crippen LogP contribution is -2.37. The second-order valence-corrected chi connectivity index (χ2v) is 9.61. The molecule has 0 bridgehead atoms. The van der Waals surface area contributed by atoms with Gasteiger partial charge < -0.3 is 5.32 Å². The zero-order valence-electron chi connectivity index (χ0n) is 16.7. The molecule has 7 nitrogen and oxygen atoms in total. The predicted octanol–water partition coefficient (Wildman–Crippen LogP) is 3.26. The van der Waals surface area contributed by atoms with E-state index in [2.05, 4.69) is 63.6 Å². The fourth-order valence-corrected chi connectivity index (χ4v) is 4.56. The molecule has 3 aromatic heterocycles. The highest BCUT2D eigenvalue weighted by atomic mass is 32.1. The van der Waals surface area contributed by atoms with Crippen molar-refractivity contribution in [2.24, 2.45) is 5.92 Å². The smallest absolute Gasteiger partial charge is 0.263 e. The first-order chi connectivity index (χ1) is 13.4. The van der Waals surface area contributed by atoms with E-state index in [1.807, 2.05) is 16.0 Å². The Bertz CT molecular complexity index is 984. The molecule has 0 aromatic carbocycles. The van der Waals surface area contributed by atoms with Crippen molar-refractivity contribution < 1.29 is 0 Å². The lowest BCUT2D eigenvalue weighted by molar-refractivity contribution is 0.174. The first kappa shape index (κ1) is 19.1. The van der Waals surface area contributed by atoms with Crippen LogP contribution in [-0.4, -0.2) is 44.3 Å². The number of aromatic amines is 1. The third-order valence-corrected chi connectivity index (χ3v) is 6.06. The number of hydrogen-bond donors (Lipinski definition) is 2. The Balaban J connectivity index is 1.44. The number of thiophene rings is 1. The fourth-order valence-electron chi connectivity index (χ4n) is 3.82. The average molecular weight is 401 g/mol. The van der Waals surface area contributed by atoms with Crippen molar-refractivity contribution in [2.75, 3.05) is 25.0 Å². The van der Waals surface area contributed by atoms with Gasteiger partial charge in [-0.3, -0.25) is 14.7 Å². The van der Waals surface area contributed by atoms with Crippen LogP contribution in [0, 0.1) is 5.92 Å². The highest BCUT2D eigenvalue weighted by Gasteiger charge is 2.22. The van der Waals surface area contributed by atoms with Gasteiger partial charge in [0.15, 0.2) is 5.65 Å². The molecule has 8 heteroatoms. The maximum absolute atomic E-state index is 12.4. The molecule has 1 aliphatic rings. The molecule has 1 aliphatic heterocycles. The van der Waals surface area contributed by atoms with Gasteiger partial charge in [0.2, 0.25) is 5.95 Å². The van der Waals surface area contributed by atoms with Crippen LogP contribution in [0.15, 0.2) is 28.5 Å². The molecule has 0 saturated carbocycles. The van der Waals surface area contributed by atoms with Gasteiger partial charge in [0, 0.05) is 24.5 Å². The summed E-state index contributed by atoms with van der Waals surface area (Å²) in [5, 5.41) is 10.4. The van der Waals surface area contributed by atoms with Crippen LogP contribution < -0.4 is 10.9 Å². The van der Waals surface area contributed by atoms with Crippen LogP contribution >= 0.6 is 11.3 Å². The Kier molecular flexibility index (Phi) is 5.25. The van der Waals surface area contributed by atoms with Crippen LogP contribution in [0.2, 0.25) is 0 Å². The molecule has 3 aromatic rings. The van der Waals surface area contributed by atoms with E-state index < -0.39 is 0 Å². The standard InChI is InChI=1S/C20H28N6OS/c1-20(2,3)26-17-16(11-22-26)18(27)24-19(23-17)21-10-14-6-4-8-25(12-14)13-15-7-5-9-28-15/h5,7,9,11,14H,4,6,8,10,12-13H2,1-3H3,(H2,21,23,24,27). The van der Waals surface area contributed by atoms with E-state index in [4.69, 9.17) is 0 Å². The van der Waals surface area contributed by atoms with E-state index >= 15 is 0 Å².